The highest BCUT2D eigenvalue weighted by molar-refractivity contribution is 5.46. The van der Waals surface area contributed by atoms with Crippen LogP contribution in [0.4, 0.5) is 0 Å². The zero-order valence-corrected chi connectivity index (χ0v) is 19.5. The van der Waals surface area contributed by atoms with Crippen molar-refractivity contribution >= 4 is 0 Å². The minimum atomic E-state index is -1.47. The molecule has 0 unspecified atom stereocenters. The first-order valence-electron chi connectivity index (χ1n) is 11.9. The average Bonchev–Trinajstić information content (AvgIpc) is 2.90. The van der Waals surface area contributed by atoms with E-state index >= 15 is 0 Å². The highest BCUT2D eigenvalue weighted by Crippen LogP contribution is 2.37. The van der Waals surface area contributed by atoms with E-state index in [4.69, 9.17) is 4.74 Å². The van der Waals surface area contributed by atoms with E-state index in [0.717, 1.165) is 5.56 Å². The van der Waals surface area contributed by atoms with Gasteiger partial charge in [0.25, 0.3) is 0 Å². The van der Waals surface area contributed by atoms with Gasteiger partial charge in [0, 0.05) is 29.6 Å². The van der Waals surface area contributed by atoms with E-state index < -0.39 is 67.3 Å². The van der Waals surface area contributed by atoms with Gasteiger partial charge in [0.15, 0.2) is 0 Å². The molecule has 0 bridgehead atoms. The third-order valence-electron chi connectivity index (χ3n) is 7.16. The fourth-order valence-corrected chi connectivity index (χ4v) is 5.00. The first-order valence-corrected chi connectivity index (χ1v) is 11.9. The summed E-state index contributed by atoms with van der Waals surface area (Å²) in [4.78, 5) is 0. The molecule has 2 aliphatic rings. The number of hydrogen-bond donors (Lipinski definition) is 8. The molecule has 1 saturated heterocycles. The minimum absolute atomic E-state index is 0.300. The van der Waals surface area contributed by atoms with E-state index in [1.165, 1.54) is 0 Å². The van der Waals surface area contributed by atoms with Crippen molar-refractivity contribution in [3.8, 4) is 11.8 Å². The molecule has 8 N–H and O–H groups in total. The number of ether oxygens (including phenoxy) is 1. The summed E-state index contributed by atoms with van der Waals surface area (Å²) in [5.41, 5.74) is 2.51. The SMILES string of the molecule is OC[C@H]1C[C@H](c2cccc(C#Cc3cccc([C@H]4O[C@H](CO)[C@@H](O)[C@H](O)[C@@H]4O)c3)c2)[C@@H](O)[C@@H](O)[C@@H]1O. The van der Waals surface area contributed by atoms with Crippen molar-refractivity contribution in [2.24, 2.45) is 5.92 Å². The lowest BCUT2D eigenvalue weighted by Gasteiger charge is -2.40. The van der Waals surface area contributed by atoms with E-state index in [2.05, 4.69) is 11.8 Å². The molecule has 2 aromatic rings. The fraction of sp³-hybridized carbons (Fsp3) is 0.481. The lowest BCUT2D eigenvalue weighted by molar-refractivity contribution is -0.231. The molecule has 36 heavy (non-hydrogen) atoms. The Morgan fingerprint density at radius 3 is 1.86 bits per heavy atom. The smallest absolute Gasteiger partial charge is 0.113 e. The second-order valence-corrected chi connectivity index (χ2v) is 9.51. The van der Waals surface area contributed by atoms with Gasteiger partial charge in [0.05, 0.1) is 18.8 Å². The van der Waals surface area contributed by atoms with E-state index in [1.807, 2.05) is 0 Å². The maximum Gasteiger partial charge on any atom is 0.113 e. The molecule has 2 aromatic carbocycles. The maximum atomic E-state index is 10.5. The van der Waals surface area contributed by atoms with Crippen molar-refractivity contribution < 1.29 is 45.6 Å². The van der Waals surface area contributed by atoms with Crippen LogP contribution in [0.3, 0.4) is 0 Å². The Morgan fingerprint density at radius 2 is 1.25 bits per heavy atom. The Balaban J connectivity index is 1.55. The predicted molar refractivity (Wildman–Crippen MR) is 128 cm³/mol. The average molecular weight is 501 g/mol. The van der Waals surface area contributed by atoms with E-state index in [9.17, 15) is 40.9 Å². The van der Waals surface area contributed by atoms with Crippen LogP contribution in [0.1, 0.15) is 40.7 Å². The van der Waals surface area contributed by atoms with Gasteiger partial charge in [-0.25, -0.2) is 0 Å². The van der Waals surface area contributed by atoms with Crippen LogP contribution in [0.2, 0.25) is 0 Å². The lowest BCUT2D eigenvalue weighted by Crippen LogP contribution is -2.55. The molecule has 0 amide bonds. The Morgan fingerprint density at radius 1 is 0.667 bits per heavy atom. The highest BCUT2D eigenvalue weighted by Gasteiger charge is 2.44. The molecule has 1 aliphatic heterocycles. The summed E-state index contributed by atoms with van der Waals surface area (Å²) < 4.78 is 5.62. The first kappa shape index (κ1) is 26.7. The molecule has 194 valence electrons. The Hall–Kier alpha value is -2.36. The molecule has 0 spiro atoms. The molecular weight excluding hydrogens is 468 g/mol. The Labute approximate surface area is 208 Å². The van der Waals surface area contributed by atoms with Gasteiger partial charge in [-0.1, -0.05) is 36.1 Å². The summed E-state index contributed by atoms with van der Waals surface area (Å²) in [5.74, 6) is 5.07. The Kier molecular flexibility index (Phi) is 8.42. The van der Waals surface area contributed by atoms with Crippen molar-refractivity contribution in [3.05, 3.63) is 70.8 Å². The number of aliphatic hydroxyl groups excluding tert-OH is 8. The summed E-state index contributed by atoms with van der Waals surface area (Å²) in [5, 5.41) is 80.3. The summed E-state index contributed by atoms with van der Waals surface area (Å²) in [6.07, 6.45) is -9.68. The van der Waals surface area contributed by atoms with Gasteiger partial charge in [0.2, 0.25) is 0 Å². The van der Waals surface area contributed by atoms with E-state index in [0.29, 0.717) is 23.1 Å². The molecule has 4 rings (SSSR count). The predicted octanol–water partition coefficient (Wildman–Crippen LogP) is -1.22. The zero-order valence-electron chi connectivity index (χ0n) is 19.5. The van der Waals surface area contributed by atoms with Crippen molar-refractivity contribution in [1.29, 1.82) is 0 Å². The molecule has 0 aromatic heterocycles. The van der Waals surface area contributed by atoms with Crippen molar-refractivity contribution in [3.63, 3.8) is 0 Å². The van der Waals surface area contributed by atoms with Gasteiger partial charge in [-0.3, -0.25) is 0 Å². The summed E-state index contributed by atoms with van der Waals surface area (Å²) in [7, 11) is 0. The number of hydrogen-bond acceptors (Lipinski definition) is 9. The third-order valence-corrected chi connectivity index (χ3v) is 7.16. The molecule has 0 radical (unpaired) electrons. The quantitative estimate of drug-likeness (QED) is 0.240. The summed E-state index contributed by atoms with van der Waals surface area (Å²) in [6.45, 7) is -0.812. The van der Waals surface area contributed by atoms with Gasteiger partial charge in [0.1, 0.15) is 36.6 Å². The second-order valence-electron chi connectivity index (χ2n) is 9.51. The maximum absolute atomic E-state index is 10.5. The lowest BCUT2D eigenvalue weighted by atomic mass is 9.73. The molecule has 9 nitrogen and oxygen atoms in total. The molecule has 10 atom stereocenters. The van der Waals surface area contributed by atoms with Crippen LogP contribution >= 0.6 is 0 Å². The molecule has 2 fully saturated rings. The summed E-state index contributed by atoms with van der Waals surface area (Å²) >= 11 is 0. The van der Waals surface area contributed by atoms with Crippen molar-refractivity contribution in [2.45, 2.75) is 61.2 Å². The largest absolute Gasteiger partial charge is 0.396 e. The Bertz CT molecular complexity index is 1010. The number of rotatable bonds is 4. The molecule has 1 saturated carbocycles. The van der Waals surface area contributed by atoms with Crippen LogP contribution in [-0.4, -0.2) is 96.8 Å². The number of aliphatic hydroxyl groups is 8. The zero-order chi connectivity index (χ0) is 26.0. The monoisotopic (exact) mass is 500 g/mol. The van der Waals surface area contributed by atoms with Gasteiger partial charge in [-0.05, 0) is 41.8 Å². The van der Waals surface area contributed by atoms with Crippen LogP contribution in [0.25, 0.3) is 0 Å². The third kappa shape index (κ3) is 5.33. The highest BCUT2D eigenvalue weighted by atomic mass is 16.5. The molecule has 1 aliphatic carbocycles. The van der Waals surface area contributed by atoms with Crippen LogP contribution < -0.4 is 0 Å². The van der Waals surface area contributed by atoms with Gasteiger partial charge in [-0.15, -0.1) is 0 Å². The van der Waals surface area contributed by atoms with Crippen molar-refractivity contribution in [1.82, 2.24) is 0 Å². The van der Waals surface area contributed by atoms with E-state index in [-0.39, 0.29) is 6.61 Å². The van der Waals surface area contributed by atoms with Crippen LogP contribution in [-0.2, 0) is 4.74 Å². The van der Waals surface area contributed by atoms with Crippen molar-refractivity contribution in [2.75, 3.05) is 13.2 Å². The molecule has 1 heterocycles. The van der Waals surface area contributed by atoms with Crippen LogP contribution in [0.5, 0.6) is 0 Å². The van der Waals surface area contributed by atoms with Crippen LogP contribution in [0, 0.1) is 17.8 Å². The fourth-order valence-electron chi connectivity index (χ4n) is 5.00. The minimum Gasteiger partial charge on any atom is -0.396 e. The number of benzene rings is 2. The van der Waals surface area contributed by atoms with Gasteiger partial charge < -0.3 is 45.6 Å². The normalized spacial score (nSPS) is 36.7. The first-order chi connectivity index (χ1) is 17.2. The second kappa shape index (κ2) is 11.4. The van der Waals surface area contributed by atoms with Gasteiger partial charge >= 0.3 is 0 Å². The van der Waals surface area contributed by atoms with Crippen LogP contribution in [0.15, 0.2) is 48.5 Å². The van der Waals surface area contributed by atoms with E-state index in [1.54, 1.807) is 48.5 Å². The standard InChI is InChI=1S/C27H32O9/c28-12-18-11-19(22(31)24(33)21(18)30)16-5-1-3-14(9-16)7-8-15-4-2-6-17(10-15)27-26(35)25(34)23(32)20(13-29)36-27/h1-6,9-10,18-35H,11-13H2/t18-,19-,20-,21-,22-,23-,24+,25+,26+,27-/m1/s1. The summed E-state index contributed by atoms with van der Waals surface area (Å²) in [6, 6.07) is 14.0. The topological polar surface area (TPSA) is 171 Å². The molecule has 9 heteroatoms. The molecular formula is C27H32O9. The van der Waals surface area contributed by atoms with Gasteiger partial charge in [-0.2, -0.15) is 0 Å².